The summed E-state index contributed by atoms with van der Waals surface area (Å²) in [7, 11) is 0. The van der Waals surface area contributed by atoms with Crippen LogP contribution < -0.4 is 5.32 Å². The van der Waals surface area contributed by atoms with Crippen molar-refractivity contribution in [3.05, 3.63) is 0 Å². The number of nitrogens with one attached hydrogen (secondary N) is 1. The molecule has 1 unspecified atom stereocenters. The number of thioether (sulfide) groups is 1. The summed E-state index contributed by atoms with van der Waals surface area (Å²) in [4.78, 5) is 25.6. The first kappa shape index (κ1) is 15.3. The molecule has 1 N–H and O–H groups in total. The van der Waals surface area contributed by atoms with Crippen molar-refractivity contribution in [2.24, 2.45) is 0 Å². The molecule has 2 amide bonds. The molecule has 0 aromatic heterocycles. The van der Waals surface area contributed by atoms with Crippen molar-refractivity contribution < 1.29 is 9.59 Å². The molecule has 0 aromatic carbocycles. The molecular weight excluding hydrogens is 248 g/mol. The highest BCUT2D eigenvalue weighted by Crippen LogP contribution is 2.31. The number of hydrogen-bond acceptors (Lipinski definition) is 3. The maximum absolute atomic E-state index is 12.2. The normalized spacial score (nSPS) is 21.1. The second-order valence-corrected chi connectivity index (χ2v) is 6.09. The molecular formula is C13H24N2O2S. The highest BCUT2D eigenvalue weighted by molar-refractivity contribution is 8.00. The van der Waals surface area contributed by atoms with Crippen LogP contribution in [0.1, 0.15) is 40.0 Å². The summed E-state index contributed by atoms with van der Waals surface area (Å²) in [5, 5.41) is 2.75. The molecule has 0 saturated carbocycles. The van der Waals surface area contributed by atoms with Gasteiger partial charge in [-0.25, -0.2) is 0 Å². The summed E-state index contributed by atoms with van der Waals surface area (Å²) in [5.74, 6) is 0.0288. The molecule has 1 rings (SSSR count). The van der Waals surface area contributed by atoms with Crippen molar-refractivity contribution >= 4 is 23.6 Å². The van der Waals surface area contributed by atoms with E-state index in [2.05, 4.69) is 25.4 Å². The predicted octanol–water partition coefficient (Wildman–Crippen LogP) is 1.65. The standard InChI is InChI=1S/C13H24N2O2S/c1-5-10-12(17)15(8-11(16)14-10)9-13(6-2,7-3)18-4/h10H,5-9H2,1-4H3,(H,14,16). The minimum atomic E-state index is -0.334. The Kier molecular flexibility index (Phi) is 5.50. The third kappa shape index (κ3) is 3.19. The summed E-state index contributed by atoms with van der Waals surface area (Å²) in [6.07, 6.45) is 4.75. The van der Waals surface area contributed by atoms with E-state index in [4.69, 9.17) is 0 Å². The van der Waals surface area contributed by atoms with E-state index in [1.807, 2.05) is 6.92 Å². The van der Waals surface area contributed by atoms with Gasteiger partial charge in [-0.05, 0) is 25.5 Å². The summed E-state index contributed by atoms with van der Waals surface area (Å²) in [5.41, 5.74) is 0. The highest BCUT2D eigenvalue weighted by Gasteiger charge is 2.36. The molecule has 1 aliphatic heterocycles. The fourth-order valence-electron chi connectivity index (χ4n) is 2.36. The van der Waals surface area contributed by atoms with E-state index in [1.54, 1.807) is 16.7 Å². The largest absolute Gasteiger partial charge is 0.343 e. The van der Waals surface area contributed by atoms with Crippen LogP contribution in [0.15, 0.2) is 0 Å². The SMILES string of the molecule is CCC1NC(=O)CN(CC(CC)(CC)SC)C1=O. The molecule has 0 aliphatic carbocycles. The monoisotopic (exact) mass is 272 g/mol. The topological polar surface area (TPSA) is 49.4 Å². The number of rotatable bonds is 6. The number of nitrogens with zero attached hydrogens (tertiary/aromatic N) is 1. The van der Waals surface area contributed by atoms with Crippen molar-refractivity contribution in [2.75, 3.05) is 19.3 Å². The second-order valence-electron chi connectivity index (χ2n) is 4.82. The molecule has 1 saturated heterocycles. The number of hydrogen-bond donors (Lipinski definition) is 1. The minimum absolute atomic E-state index is 0.0383. The molecule has 0 bridgehead atoms. The Morgan fingerprint density at radius 1 is 1.33 bits per heavy atom. The van der Waals surface area contributed by atoms with Crippen molar-refractivity contribution in [3.63, 3.8) is 0 Å². The van der Waals surface area contributed by atoms with Crippen LogP contribution in [0, 0.1) is 0 Å². The first-order valence-electron chi connectivity index (χ1n) is 6.65. The highest BCUT2D eigenvalue weighted by atomic mass is 32.2. The smallest absolute Gasteiger partial charge is 0.245 e. The fourth-order valence-corrected chi connectivity index (χ4v) is 3.22. The zero-order valence-electron chi connectivity index (χ0n) is 11.8. The van der Waals surface area contributed by atoms with Crippen LogP contribution in [0.25, 0.3) is 0 Å². The van der Waals surface area contributed by atoms with E-state index >= 15 is 0 Å². The Bertz CT molecular complexity index is 308. The zero-order valence-corrected chi connectivity index (χ0v) is 12.6. The van der Waals surface area contributed by atoms with E-state index in [0.717, 1.165) is 12.8 Å². The van der Waals surface area contributed by atoms with E-state index in [-0.39, 0.29) is 29.1 Å². The van der Waals surface area contributed by atoms with Crippen LogP contribution in [0.5, 0.6) is 0 Å². The summed E-state index contributed by atoms with van der Waals surface area (Å²) in [6.45, 7) is 7.09. The Morgan fingerprint density at radius 2 is 1.94 bits per heavy atom. The van der Waals surface area contributed by atoms with Crippen molar-refractivity contribution in [1.29, 1.82) is 0 Å². The van der Waals surface area contributed by atoms with Gasteiger partial charge in [-0.1, -0.05) is 20.8 Å². The summed E-state index contributed by atoms with van der Waals surface area (Å²) >= 11 is 1.80. The molecule has 0 radical (unpaired) electrons. The molecule has 5 heteroatoms. The number of piperazine rings is 1. The third-order valence-corrected chi connectivity index (χ3v) is 5.46. The lowest BCUT2D eigenvalue weighted by molar-refractivity contribution is -0.144. The molecule has 1 aliphatic rings. The van der Waals surface area contributed by atoms with Crippen molar-refractivity contribution in [1.82, 2.24) is 10.2 Å². The molecule has 1 atom stereocenters. The molecule has 0 spiro atoms. The minimum Gasteiger partial charge on any atom is -0.343 e. The number of carbonyl (C=O) groups is 2. The third-order valence-electron chi connectivity index (χ3n) is 3.89. The van der Waals surface area contributed by atoms with Gasteiger partial charge in [0.1, 0.15) is 6.04 Å². The quantitative estimate of drug-likeness (QED) is 0.800. The molecule has 18 heavy (non-hydrogen) atoms. The molecule has 4 nitrogen and oxygen atoms in total. The van der Waals surface area contributed by atoms with Crippen LogP contribution in [-0.2, 0) is 9.59 Å². The van der Waals surface area contributed by atoms with Crippen molar-refractivity contribution in [2.45, 2.75) is 50.8 Å². The maximum Gasteiger partial charge on any atom is 0.245 e. The number of carbonyl (C=O) groups excluding carboxylic acids is 2. The van der Waals surface area contributed by atoms with Crippen LogP contribution in [-0.4, -0.2) is 46.8 Å². The summed E-state index contributed by atoms with van der Waals surface area (Å²) in [6, 6.07) is -0.334. The van der Waals surface area contributed by atoms with Crippen LogP contribution in [0.4, 0.5) is 0 Å². The summed E-state index contributed by atoms with van der Waals surface area (Å²) < 4.78 is 0.0750. The molecule has 0 aromatic rings. The second kappa shape index (κ2) is 6.45. The van der Waals surface area contributed by atoms with Gasteiger partial charge >= 0.3 is 0 Å². The van der Waals surface area contributed by atoms with Gasteiger partial charge in [-0.3, -0.25) is 9.59 Å². The van der Waals surface area contributed by atoms with Gasteiger partial charge in [0.05, 0.1) is 6.54 Å². The fraction of sp³-hybridized carbons (Fsp3) is 0.846. The predicted molar refractivity (Wildman–Crippen MR) is 75.6 cm³/mol. The molecule has 104 valence electrons. The van der Waals surface area contributed by atoms with E-state index in [9.17, 15) is 9.59 Å². The van der Waals surface area contributed by atoms with Gasteiger partial charge in [-0.15, -0.1) is 0 Å². The Morgan fingerprint density at radius 3 is 2.39 bits per heavy atom. The average Bonchev–Trinajstić information content (AvgIpc) is 2.39. The Balaban J connectivity index is 2.81. The lowest BCUT2D eigenvalue weighted by Gasteiger charge is -2.39. The average molecular weight is 272 g/mol. The van der Waals surface area contributed by atoms with E-state index < -0.39 is 0 Å². The van der Waals surface area contributed by atoms with Gasteiger partial charge in [0, 0.05) is 11.3 Å². The Labute approximate surface area is 114 Å². The van der Waals surface area contributed by atoms with Crippen LogP contribution in [0.2, 0.25) is 0 Å². The van der Waals surface area contributed by atoms with Crippen LogP contribution in [0.3, 0.4) is 0 Å². The van der Waals surface area contributed by atoms with Crippen molar-refractivity contribution in [3.8, 4) is 0 Å². The molecule has 1 heterocycles. The maximum atomic E-state index is 12.2. The van der Waals surface area contributed by atoms with E-state index in [0.29, 0.717) is 13.0 Å². The first-order valence-corrected chi connectivity index (χ1v) is 7.87. The van der Waals surface area contributed by atoms with E-state index in [1.165, 1.54) is 0 Å². The van der Waals surface area contributed by atoms with Gasteiger partial charge in [-0.2, -0.15) is 11.8 Å². The number of amides is 2. The van der Waals surface area contributed by atoms with Gasteiger partial charge in [0.15, 0.2) is 0 Å². The van der Waals surface area contributed by atoms with Gasteiger partial charge < -0.3 is 10.2 Å². The van der Waals surface area contributed by atoms with Crippen LogP contribution >= 0.6 is 11.8 Å². The zero-order chi connectivity index (χ0) is 13.8. The Hall–Kier alpha value is -0.710. The lowest BCUT2D eigenvalue weighted by atomic mass is 10.00. The van der Waals surface area contributed by atoms with Gasteiger partial charge in [0.2, 0.25) is 11.8 Å². The molecule has 1 fully saturated rings. The van der Waals surface area contributed by atoms with Gasteiger partial charge in [0.25, 0.3) is 0 Å². The first-order chi connectivity index (χ1) is 8.51. The lowest BCUT2D eigenvalue weighted by Crippen LogP contribution is -2.60.